The maximum absolute atomic E-state index is 10.6. The molecule has 5 heteroatoms. The van der Waals surface area contributed by atoms with Crippen LogP contribution >= 0.6 is 11.3 Å². The predicted octanol–water partition coefficient (Wildman–Crippen LogP) is 9.97. The van der Waals surface area contributed by atoms with E-state index in [4.69, 9.17) is 15.2 Å². The highest BCUT2D eigenvalue weighted by molar-refractivity contribution is 7.21. The molecule has 0 amide bonds. The van der Waals surface area contributed by atoms with Crippen molar-refractivity contribution in [2.24, 2.45) is 4.99 Å². The van der Waals surface area contributed by atoms with Gasteiger partial charge in [-0.25, -0.2) is 4.98 Å². The first-order valence-electron chi connectivity index (χ1n) is 14.1. The average Bonchev–Trinajstić information content (AvgIpc) is 3.48. The van der Waals surface area contributed by atoms with E-state index in [1.54, 1.807) is 35.8 Å². The third-order valence-corrected chi connectivity index (χ3v) is 8.35. The van der Waals surface area contributed by atoms with Crippen LogP contribution in [0.3, 0.4) is 0 Å². The number of phenolic OH excluding ortho intramolecular Hbond substituents is 1. The fourth-order valence-corrected chi connectivity index (χ4v) is 6.14. The molecule has 0 saturated carbocycles. The van der Waals surface area contributed by atoms with Crippen LogP contribution in [0.25, 0.3) is 43.0 Å². The number of benzene rings is 5. The van der Waals surface area contributed by atoms with Crippen molar-refractivity contribution in [3.8, 4) is 44.6 Å². The molecule has 0 aliphatic heterocycles. The van der Waals surface area contributed by atoms with Gasteiger partial charge < -0.3 is 5.11 Å². The number of aromatic hydroxyl groups is 1. The summed E-state index contributed by atoms with van der Waals surface area (Å²) in [6, 6.07) is 38.1. The van der Waals surface area contributed by atoms with Gasteiger partial charge in [-0.3, -0.25) is 4.99 Å². The normalized spacial score (nSPS) is 11.2. The summed E-state index contributed by atoms with van der Waals surface area (Å²) >= 11 is 1.69. The second-order valence-electron chi connectivity index (χ2n) is 10.2. The number of nitriles is 1. The van der Waals surface area contributed by atoms with Crippen LogP contribution in [0, 0.1) is 11.3 Å². The molecular weight excluding hydrogens is 534 g/mol. The number of rotatable bonds is 8. The summed E-state index contributed by atoms with van der Waals surface area (Å²) in [5, 5.41) is 20.6. The Morgan fingerprint density at radius 1 is 0.833 bits per heavy atom. The number of thiazole rings is 1. The lowest BCUT2D eigenvalue weighted by molar-refractivity contribution is 0.474. The zero-order chi connectivity index (χ0) is 28.9. The average molecular weight is 564 g/mol. The Morgan fingerprint density at radius 2 is 1.60 bits per heavy atom. The Bertz CT molecular complexity index is 1930. The molecule has 0 fully saturated rings. The maximum Gasteiger partial charge on any atom is 0.126 e. The van der Waals surface area contributed by atoms with Gasteiger partial charge in [0.2, 0.25) is 0 Å². The molecule has 0 radical (unpaired) electrons. The molecule has 6 rings (SSSR count). The fraction of sp³-hybridized carbons (Fsp3) is 0.108. The van der Waals surface area contributed by atoms with Gasteiger partial charge in [0, 0.05) is 22.9 Å². The lowest BCUT2D eigenvalue weighted by Gasteiger charge is -2.07. The van der Waals surface area contributed by atoms with Crippen molar-refractivity contribution in [2.75, 3.05) is 0 Å². The molecule has 0 spiro atoms. The van der Waals surface area contributed by atoms with Crippen LogP contribution in [0.2, 0.25) is 0 Å². The summed E-state index contributed by atoms with van der Waals surface area (Å²) in [6.45, 7) is 2.22. The standard InChI is InChI=1S/C37H29N3OS/c1-2-3-9-26-20-32(28-10-5-4-6-11-28)36-35(21-26)42-37(40-36)31-12-7-8-13-33(31)39-24-30-22-29(18-19-34(30)41)27-16-14-25(23-38)15-17-27/h4-8,10-22,24,41H,2-3,9H2,1H3/b39-24+. The number of unbranched alkanes of at least 4 members (excludes halogenated alkanes) is 1. The summed E-state index contributed by atoms with van der Waals surface area (Å²) in [6.07, 6.45) is 5.06. The molecule has 0 saturated heterocycles. The molecule has 5 aromatic carbocycles. The molecule has 0 aliphatic rings. The minimum Gasteiger partial charge on any atom is -0.507 e. The number of fused-ring (bicyclic) bond motifs is 1. The second-order valence-corrected chi connectivity index (χ2v) is 11.2. The Balaban J connectivity index is 1.38. The van der Waals surface area contributed by atoms with Gasteiger partial charge >= 0.3 is 0 Å². The number of aromatic nitrogens is 1. The Morgan fingerprint density at radius 3 is 2.38 bits per heavy atom. The summed E-state index contributed by atoms with van der Waals surface area (Å²) in [5.41, 5.74) is 9.53. The van der Waals surface area contributed by atoms with E-state index < -0.39 is 0 Å². The molecule has 1 aromatic heterocycles. The van der Waals surface area contributed by atoms with Gasteiger partial charge in [0.05, 0.1) is 27.5 Å². The molecule has 42 heavy (non-hydrogen) atoms. The van der Waals surface area contributed by atoms with E-state index >= 15 is 0 Å². The minimum absolute atomic E-state index is 0.153. The minimum atomic E-state index is 0.153. The molecule has 0 unspecified atom stereocenters. The van der Waals surface area contributed by atoms with E-state index in [-0.39, 0.29) is 5.75 Å². The Kier molecular flexibility index (Phi) is 7.89. The van der Waals surface area contributed by atoms with E-state index in [1.807, 2.05) is 48.5 Å². The lowest BCUT2D eigenvalue weighted by atomic mass is 9.99. The van der Waals surface area contributed by atoms with E-state index in [0.29, 0.717) is 11.1 Å². The predicted molar refractivity (Wildman–Crippen MR) is 175 cm³/mol. The van der Waals surface area contributed by atoms with Crippen molar-refractivity contribution in [3.63, 3.8) is 0 Å². The Labute approximate surface area is 249 Å². The van der Waals surface area contributed by atoms with Gasteiger partial charge in [0.15, 0.2) is 0 Å². The van der Waals surface area contributed by atoms with Crippen LogP contribution in [0.4, 0.5) is 5.69 Å². The zero-order valence-corrected chi connectivity index (χ0v) is 24.1. The summed E-state index contributed by atoms with van der Waals surface area (Å²) in [4.78, 5) is 9.98. The SMILES string of the molecule is CCCCc1cc(-c2ccccc2)c2nc(-c3ccccc3/N=C/c3cc(-c4ccc(C#N)cc4)ccc3O)sc2c1. The van der Waals surface area contributed by atoms with E-state index in [1.165, 1.54) is 15.8 Å². The first-order valence-corrected chi connectivity index (χ1v) is 14.9. The van der Waals surface area contributed by atoms with Crippen molar-refractivity contribution >= 4 is 33.5 Å². The van der Waals surface area contributed by atoms with Gasteiger partial charge in [-0.1, -0.05) is 74.0 Å². The van der Waals surface area contributed by atoms with Crippen LogP contribution < -0.4 is 0 Å². The molecule has 4 nitrogen and oxygen atoms in total. The maximum atomic E-state index is 10.6. The van der Waals surface area contributed by atoms with E-state index in [0.717, 1.165) is 57.7 Å². The van der Waals surface area contributed by atoms with Crippen molar-refractivity contribution < 1.29 is 5.11 Å². The first-order chi connectivity index (χ1) is 20.6. The van der Waals surface area contributed by atoms with Crippen molar-refractivity contribution in [2.45, 2.75) is 26.2 Å². The molecular formula is C37H29N3OS. The second kappa shape index (κ2) is 12.2. The summed E-state index contributed by atoms with van der Waals surface area (Å²) in [5.74, 6) is 0.153. The highest BCUT2D eigenvalue weighted by atomic mass is 32.1. The Hall–Kier alpha value is -5.05. The molecule has 204 valence electrons. The number of hydrogen-bond acceptors (Lipinski definition) is 5. The third kappa shape index (κ3) is 5.72. The van der Waals surface area contributed by atoms with Crippen LogP contribution in [-0.4, -0.2) is 16.3 Å². The van der Waals surface area contributed by atoms with Crippen molar-refractivity contribution in [3.05, 3.63) is 126 Å². The van der Waals surface area contributed by atoms with Gasteiger partial charge in [-0.2, -0.15) is 5.26 Å². The number of hydrogen-bond donors (Lipinski definition) is 1. The number of para-hydroxylation sites is 1. The first kappa shape index (κ1) is 27.1. The highest BCUT2D eigenvalue weighted by Gasteiger charge is 2.15. The third-order valence-electron chi connectivity index (χ3n) is 7.31. The molecule has 0 bridgehead atoms. The van der Waals surface area contributed by atoms with Crippen LogP contribution in [0.5, 0.6) is 5.75 Å². The largest absolute Gasteiger partial charge is 0.507 e. The lowest BCUT2D eigenvalue weighted by Crippen LogP contribution is -1.88. The fourth-order valence-electron chi connectivity index (χ4n) is 5.05. The highest BCUT2D eigenvalue weighted by Crippen LogP contribution is 2.40. The number of aliphatic imine (C=N–C) groups is 1. The van der Waals surface area contributed by atoms with E-state index in [2.05, 4.69) is 55.5 Å². The van der Waals surface area contributed by atoms with Crippen molar-refractivity contribution in [1.29, 1.82) is 5.26 Å². The smallest absolute Gasteiger partial charge is 0.126 e. The van der Waals surface area contributed by atoms with Crippen LogP contribution in [-0.2, 0) is 6.42 Å². The number of aryl methyl sites for hydroxylation is 1. The van der Waals surface area contributed by atoms with Gasteiger partial charge in [-0.15, -0.1) is 11.3 Å². The van der Waals surface area contributed by atoms with Gasteiger partial charge in [0.1, 0.15) is 10.8 Å². The molecule has 1 heterocycles. The monoisotopic (exact) mass is 563 g/mol. The molecule has 0 aliphatic carbocycles. The summed E-state index contributed by atoms with van der Waals surface area (Å²) in [7, 11) is 0. The molecule has 0 atom stereocenters. The molecule has 1 N–H and O–H groups in total. The summed E-state index contributed by atoms with van der Waals surface area (Å²) < 4.78 is 1.17. The van der Waals surface area contributed by atoms with Crippen molar-refractivity contribution in [1.82, 2.24) is 4.98 Å². The number of nitrogens with zero attached hydrogens (tertiary/aromatic N) is 3. The topological polar surface area (TPSA) is 69.3 Å². The zero-order valence-electron chi connectivity index (χ0n) is 23.3. The van der Waals surface area contributed by atoms with Crippen LogP contribution in [0.15, 0.2) is 114 Å². The van der Waals surface area contributed by atoms with E-state index in [9.17, 15) is 5.11 Å². The van der Waals surface area contributed by atoms with Gasteiger partial charge in [0.25, 0.3) is 0 Å². The molecule has 6 aromatic rings. The quantitative estimate of drug-likeness (QED) is 0.187. The van der Waals surface area contributed by atoms with Gasteiger partial charge in [-0.05, 0) is 83.6 Å². The number of phenols is 1. The van der Waals surface area contributed by atoms with Crippen LogP contribution in [0.1, 0.15) is 36.5 Å².